The molecule has 37 heavy (non-hydrogen) atoms. The van der Waals surface area contributed by atoms with Gasteiger partial charge in [0.15, 0.2) is 0 Å². The summed E-state index contributed by atoms with van der Waals surface area (Å²) in [7, 11) is 0. The van der Waals surface area contributed by atoms with Crippen molar-refractivity contribution in [1.82, 2.24) is 9.97 Å². The molecule has 0 saturated heterocycles. The maximum absolute atomic E-state index is 12.2. The van der Waals surface area contributed by atoms with Gasteiger partial charge in [-0.15, -0.1) is 0 Å². The molecule has 1 amide bonds. The zero-order chi connectivity index (χ0) is 25.2. The number of rotatable bonds is 3. The highest BCUT2D eigenvalue weighted by molar-refractivity contribution is 9.10. The van der Waals surface area contributed by atoms with Crippen LogP contribution in [0.3, 0.4) is 0 Å². The van der Waals surface area contributed by atoms with E-state index in [0.717, 1.165) is 26.4 Å². The van der Waals surface area contributed by atoms with E-state index < -0.39 is 0 Å². The zero-order valence-corrected chi connectivity index (χ0v) is 22.1. The Hall–Kier alpha value is -4.13. The van der Waals surface area contributed by atoms with E-state index in [1.165, 1.54) is 38.8 Å². The zero-order valence-electron chi connectivity index (χ0n) is 19.7. The fourth-order valence-electron chi connectivity index (χ4n) is 4.36. The fourth-order valence-corrected chi connectivity index (χ4v) is 5.37. The van der Waals surface area contributed by atoms with Crippen LogP contribution in [0.1, 0.15) is 10.4 Å². The molecule has 0 radical (unpaired) electrons. The molecule has 4 nitrogen and oxygen atoms in total. The van der Waals surface area contributed by atoms with Crippen LogP contribution in [-0.4, -0.2) is 15.9 Å². The minimum absolute atomic E-state index is 0.0768. The van der Waals surface area contributed by atoms with Crippen molar-refractivity contribution in [3.8, 4) is 11.1 Å². The van der Waals surface area contributed by atoms with E-state index in [1.807, 2.05) is 47.4 Å². The Morgan fingerprint density at radius 2 is 1.32 bits per heavy atom. The number of benzene rings is 4. The lowest BCUT2D eigenvalue weighted by Crippen LogP contribution is -2.10. The van der Waals surface area contributed by atoms with Crippen molar-refractivity contribution in [1.29, 1.82) is 0 Å². The van der Waals surface area contributed by atoms with Gasteiger partial charge in [-0.2, -0.15) is 11.3 Å². The first-order valence-corrected chi connectivity index (χ1v) is 13.5. The molecule has 0 unspecified atom stereocenters. The number of hydrogen-bond donors (Lipinski definition) is 3. The maximum atomic E-state index is 12.2. The molecular formula is C31H22BrN3OS. The highest BCUT2D eigenvalue weighted by Gasteiger charge is 2.07. The number of aromatic nitrogens is 2. The molecule has 4 aromatic carbocycles. The second kappa shape index (κ2) is 10.1. The predicted molar refractivity (Wildman–Crippen MR) is 160 cm³/mol. The Morgan fingerprint density at radius 3 is 2.08 bits per heavy atom. The smallest absolute Gasteiger partial charge is 0.256 e. The monoisotopic (exact) mass is 563 g/mol. The van der Waals surface area contributed by atoms with Gasteiger partial charge < -0.3 is 15.3 Å². The van der Waals surface area contributed by atoms with Gasteiger partial charge in [0.1, 0.15) is 0 Å². The van der Waals surface area contributed by atoms with Gasteiger partial charge in [-0.05, 0) is 99.4 Å². The van der Waals surface area contributed by atoms with Crippen LogP contribution in [0, 0.1) is 0 Å². The summed E-state index contributed by atoms with van der Waals surface area (Å²) in [5.74, 6) is -0.0768. The molecule has 3 aromatic heterocycles. The summed E-state index contributed by atoms with van der Waals surface area (Å²) in [6, 6.07) is 31.0. The number of anilines is 1. The van der Waals surface area contributed by atoms with Gasteiger partial charge in [0.2, 0.25) is 0 Å². The van der Waals surface area contributed by atoms with Gasteiger partial charge in [-0.1, -0.05) is 40.2 Å². The summed E-state index contributed by atoms with van der Waals surface area (Å²) in [6.45, 7) is 0. The molecule has 0 fully saturated rings. The van der Waals surface area contributed by atoms with Crippen LogP contribution >= 0.6 is 27.3 Å². The van der Waals surface area contributed by atoms with E-state index in [4.69, 9.17) is 0 Å². The molecule has 0 aliphatic heterocycles. The highest BCUT2D eigenvalue weighted by Crippen LogP contribution is 2.28. The molecule has 180 valence electrons. The van der Waals surface area contributed by atoms with E-state index in [-0.39, 0.29) is 5.91 Å². The normalized spacial score (nSPS) is 10.9. The summed E-state index contributed by atoms with van der Waals surface area (Å²) in [4.78, 5) is 18.6. The van der Waals surface area contributed by atoms with Crippen LogP contribution < -0.4 is 5.32 Å². The average Bonchev–Trinajstić information content (AvgIpc) is 3.70. The van der Waals surface area contributed by atoms with Crippen molar-refractivity contribution in [2.24, 2.45) is 0 Å². The van der Waals surface area contributed by atoms with Gasteiger partial charge in [0, 0.05) is 44.4 Å². The third-order valence-electron chi connectivity index (χ3n) is 6.28. The van der Waals surface area contributed by atoms with Crippen molar-refractivity contribution in [2.45, 2.75) is 0 Å². The lowest BCUT2D eigenvalue weighted by molar-refractivity contribution is 0.102. The van der Waals surface area contributed by atoms with Crippen LogP contribution in [0.25, 0.3) is 43.7 Å². The molecule has 0 saturated carbocycles. The van der Waals surface area contributed by atoms with Gasteiger partial charge in [-0.25, -0.2) is 0 Å². The molecule has 0 atom stereocenters. The third-order valence-corrected chi connectivity index (χ3v) is 7.46. The third kappa shape index (κ3) is 5.07. The van der Waals surface area contributed by atoms with Gasteiger partial charge in [-0.3, -0.25) is 4.79 Å². The highest BCUT2D eigenvalue weighted by atomic mass is 79.9. The lowest BCUT2D eigenvalue weighted by Gasteiger charge is -2.08. The Kier molecular flexibility index (Phi) is 6.35. The number of H-pyrrole nitrogens is 2. The standard InChI is InChI=1S/C23H16N2OS.C8H6BrN/c26-23(20-8-10-27-14-20)25-21-5-3-16-11-15(1-2-18(16)13-21)17-4-6-22-19(12-17)7-9-24-22;9-7-1-2-8-6(5-7)3-4-10-8/h1-14,24H,(H,25,26);1-5,10H. The molecule has 3 heterocycles. The minimum Gasteiger partial charge on any atom is -0.361 e. The van der Waals surface area contributed by atoms with E-state index in [9.17, 15) is 4.79 Å². The Labute approximate surface area is 226 Å². The second-order valence-electron chi connectivity index (χ2n) is 8.73. The predicted octanol–water partition coefficient (Wildman–Crippen LogP) is 9.23. The molecule has 7 rings (SSSR count). The molecule has 0 bridgehead atoms. The van der Waals surface area contributed by atoms with Crippen LogP contribution in [0.15, 0.2) is 119 Å². The summed E-state index contributed by atoms with van der Waals surface area (Å²) in [6.07, 6.45) is 3.90. The molecule has 0 aliphatic carbocycles. The van der Waals surface area contributed by atoms with Gasteiger partial charge in [0.25, 0.3) is 5.91 Å². The van der Waals surface area contributed by atoms with Crippen LogP contribution in [0.5, 0.6) is 0 Å². The van der Waals surface area contributed by atoms with E-state index >= 15 is 0 Å². The van der Waals surface area contributed by atoms with Crippen molar-refractivity contribution in [3.63, 3.8) is 0 Å². The summed E-state index contributed by atoms with van der Waals surface area (Å²) >= 11 is 4.92. The van der Waals surface area contributed by atoms with Gasteiger partial charge >= 0.3 is 0 Å². The number of fused-ring (bicyclic) bond motifs is 3. The van der Waals surface area contributed by atoms with Crippen molar-refractivity contribution < 1.29 is 4.79 Å². The lowest BCUT2D eigenvalue weighted by atomic mass is 10.00. The second-order valence-corrected chi connectivity index (χ2v) is 10.4. The number of thiophene rings is 1. The first kappa shape index (κ1) is 23.3. The SMILES string of the molecule is Brc1ccc2[nH]ccc2c1.O=C(Nc1ccc2cc(-c3ccc4[nH]ccc4c3)ccc2c1)c1ccsc1. The van der Waals surface area contributed by atoms with E-state index in [1.54, 1.807) is 0 Å². The first-order chi connectivity index (χ1) is 18.1. The Bertz CT molecular complexity index is 1850. The largest absolute Gasteiger partial charge is 0.361 e. The van der Waals surface area contributed by atoms with Crippen LogP contribution in [0.4, 0.5) is 5.69 Å². The topological polar surface area (TPSA) is 60.7 Å². The van der Waals surface area contributed by atoms with Gasteiger partial charge in [0.05, 0.1) is 5.56 Å². The molecule has 0 spiro atoms. The van der Waals surface area contributed by atoms with Crippen molar-refractivity contribution in [2.75, 3.05) is 5.32 Å². The van der Waals surface area contributed by atoms with E-state index in [2.05, 4.69) is 97.9 Å². The number of halogens is 1. The van der Waals surface area contributed by atoms with E-state index in [0.29, 0.717) is 5.56 Å². The molecule has 3 N–H and O–H groups in total. The number of nitrogens with one attached hydrogen (secondary N) is 3. The van der Waals surface area contributed by atoms with Crippen LogP contribution in [-0.2, 0) is 0 Å². The van der Waals surface area contributed by atoms with Crippen molar-refractivity contribution >= 4 is 71.4 Å². The molecule has 7 aromatic rings. The number of aromatic amines is 2. The Balaban J connectivity index is 0.000000210. The first-order valence-electron chi connectivity index (χ1n) is 11.8. The molecular weight excluding hydrogens is 542 g/mol. The average molecular weight is 565 g/mol. The quantitative estimate of drug-likeness (QED) is 0.197. The number of carbonyl (C=O) groups is 1. The minimum atomic E-state index is -0.0768. The summed E-state index contributed by atoms with van der Waals surface area (Å²) in [5, 5.41) is 11.4. The molecule has 0 aliphatic rings. The summed E-state index contributed by atoms with van der Waals surface area (Å²) in [5.41, 5.74) is 6.20. The van der Waals surface area contributed by atoms with Crippen LogP contribution in [0.2, 0.25) is 0 Å². The molecule has 6 heteroatoms. The Morgan fingerprint density at radius 1 is 0.676 bits per heavy atom. The number of carbonyl (C=O) groups excluding carboxylic acids is 1. The van der Waals surface area contributed by atoms with Crippen molar-refractivity contribution in [3.05, 3.63) is 124 Å². The fraction of sp³-hybridized carbons (Fsp3) is 0. The summed E-state index contributed by atoms with van der Waals surface area (Å²) < 4.78 is 1.12. The maximum Gasteiger partial charge on any atom is 0.256 e. The number of amides is 1. The number of hydrogen-bond acceptors (Lipinski definition) is 2.